The Morgan fingerprint density at radius 1 is 0.938 bits per heavy atom. The molecule has 0 aromatic heterocycles. The van der Waals surface area contributed by atoms with Gasteiger partial charge in [-0.05, 0) is 46.6 Å². The van der Waals surface area contributed by atoms with Crippen molar-refractivity contribution in [2.75, 3.05) is 19.6 Å². The SMILES string of the molecule is O=C(NC[C@@H]1[C@H]2CN(Cc3cccc(F)c3)C[C@@H]12)C(O)(c1ccccc1)c1ccccc1. The van der Waals surface area contributed by atoms with Crippen LogP contribution >= 0.6 is 0 Å². The second-order valence-corrected chi connectivity index (χ2v) is 8.97. The van der Waals surface area contributed by atoms with Crippen molar-refractivity contribution >= 4 is 5.91 Å². The van der Waals surface area contributed by atoms with E-state index in [1.807, 2.05) is 42.5 Å². The lowest BCUT2D eigenvalue weighted by molar-refractivity contribution is -0.136. The zero-order valence-corrected chi connectivity index (χ0v) is 17.8. The van der Waals surface area contributed by atoms with Gasteiger partial charge in [0.15, 0.2) is 5.60 Å². The average molecular weight is 431 g/mol. The molecule has 0 unspecified atom stereocenters. The lowest BCUT2D eigenvalue weighted by Gasteiger charge is -2.28. The summed E-state index contributed by atoms with van der Waals surface area (Å²) in [5.41, 5.74) is 0.379. The van der Waals surface area contributed by atoms with E-state index in [0.717, 1.165) is 25.2 Å². The van der Waals surface area contributed by atoms with Crippen LogP contribution in [0, 0.1) is 23.6 Å². The number of hydrogen-bond acceptors (Lipinski definition) is 3. The maximum atomic E-state index is 13.4. The lowest BCUT2D eigenvalue weighted by Crippen LogP contribution is -2.46. The van der Waals surface area contributed by atoms with E-state index in [2.05, 4.69) is 10.2 Å². The summed E-state index contributed by atoms with van der Waals surface area (Å²) in [5, 5.41) is 14.6. The van der Waals surface area contributed by atoms with Crippen LogP contribution in [0.25, 0.3) is 0 Å². The van der Waals surface area contributed by atoms with Crippen LogP contribution in [-0.4, -0.2) is 35.5 Å². The minimum atomic E-state index is -1.73. The number of amides is 1. The molecule has 3 aromatic carbocycles. The highest BCUT2D eigenvalue weighted by Crippen LogP contribution is 2.51. The van der Waals surface area contributed by atoms with E-state index in [4.69, 9.17) is 0 Å². The molecule has 0 radical (unpaired) electrons. The van der Waals surface area contributed by atoms with E-state index in [9.17, 15) is 14.3 Å². The van der Waals surface area contributed by atoms with E-state index in [1.54, 1.807) is 36.4 Å². The fraction of sp³-hybridized carbons (Fsp3) is 0.296. The predicted octanol–water partition coefficient (Wildman–Crippen LogP) is 3.56. The number of fused-ring (bicyclic) bond motifs is 1. The standard InChI is InChI=1S/C27H27FN2O2/c28-22-13-7-8-19(14-22)16-30-17-24-23(25(24)18-30)15-29-26(31)27(32,20-9-3-1-4-10-20)21-11-5-2-6-12-21/h1-14,23-25,32H,15-18H2,(H,29,31)/t23-,24-,25+. The maximum Gasteiger partial charge on any atom is 0.261 e. The van der Waals surface area contributed by atoms with E-state index < -0.39 is 11.5 Å². The van der Waals surface area contributed by atoms with Crippen LogP contribution in [0.15, 0.2) is 84.9 Å². The molecule has 0 bridgehead atoms. The van der Waals surface area contributed by atoms with Gasteiger partial charge in [0, 0.05) is 26.2 Å². The number of carbonyl (C=O) groups excluding carboxylic acids is 1. The minimum absolute atomic E-state index is 0.197. The summed E-state index contributed by atoms with van der Waals surface area (Å²) in [7, 11) is 0. The zero-order chi connectivity index (χ0) is 22.1. The van der Waals surface area contributed by atoms with Crippen molar-refractivity contribution in [2.45, 2.75) is 12.1 Å². The molecule has 2 N–H and O–H groups in total. The van der Waals surface area contributed by atoms with Crippen LogP contribution in [0.1, 0.15) is 16.7 Å². The molecule has 3 atom stereocenters. The first-order valence-electron chi connectivity index (χ1n) is 11.1. The highest BCUT2D eigenvalue weighted by atomic mass is 19.1. The largest absolute Gasteiger partial charge is 0.372 e. The minimum Gasteiger partial charge on any atom is -0.372 e. The Morgan fingerprint density at radius 3 is 2.09 bits per heavy atom. The fourth-order valence-corrected chi connectivity index (χ4v) is 5.19. The molecular formula is C27H27FN2O2. The monoisotopic (exact) mass is 430 g/mol. The van der Waals surface area contributed by atoms with Crippen LogP contribution in [-0.2, 0) is 16.9 Å². The van der Waals surface area contributed by atoms with E-state index in [1.165, 1.54) is 6.07 Å². The Balaban J connectivity index is 1.21. The fourth-order valence-electron chi connectivity index (χ4n) is 5.19. The number of nitrogens with one attached hydrogen (secondary N) is 1. The first-order chi connectivity index (χ1) is 15.6. The van der Waals surface area contributed by atoms with Crippen molar-refractivity contribution in [3.05, 3.63) is 107 Å². The average Bonchev–Trinajstić information content (AvgIpc) is 3.28. The summed E-state index contributed by atoms with van der Waals surface area (Å²) in [6, 6.07) is 24.9. The Morgan fingerprint density at radius 2 is 1.53 bits per heavy atom. The van der Waals surface area contributed by atoms with E-state index in [-0.39, 0.29) is 5.82 Å². The molecule has 1 aliphatic carbocycles. The van der Waals surface area contributed by atoms with Gasteiger partial charge in [-0.15, -0.1) is 0 Å². The number of hydrogen-bond donors (Lipinski definition) is 2. The van der Waals surface area contributed by atoms with Gasteiger partial charge in [0.05, 0.1) is 0 Å². The van der Waals surface area contributed by atoms with Gasteiger partial charge in [-0.1, -0.05) is 72.8 Å². The van der Waals surface area contributed by atoms with Crippen molar-refractivity contribution < 1.29 is 14.3 Å². The second-order valence-electron chi connectivity index (χ2n) is 8.97. The van der Waals surface area contributed by atoms with Gasteiger partial charge >= 0.3 is 0 Å². The van der Waals surface area contributed by atoms with Gasteiger partial charge < -0.3 is 10.4 Å². The topological polar surface area (TPSA) is 52.6 Å². The number of nitrogens with zero attached hydrogens (tertiary/aromatic N) is 1. The van der Waals surface area contributed by atoms with Gasteiger partial charge in [0.1, 0.15) is 5.82 Å². The third-order valence-corrected chi connectivity index (χ3v) is 6.95. The lowest BCUT2D eigenvalue weighted by atomic mass is 9.85. The molecule has 1 saturated heterocycles. The Kier molecular flexibility index (Phi) is 5.53. The smallest absolute Gasteiger partial charge is 0.261 e. The maximum absolute atomic E-state index is 13.4. The van der Waals surface area contributed by atoms with E-state index >= 15 is 0 Å². The Bertz CT molecular complexity index is 1040. The summed E-state index contributed by atoms with van der Waals surface area (Å²) < 4.78 is 13.4. The Labute approximate surface area is 187 Å². The molecule has 1 heterocycles. The second kappa shape index (κ2) is 8.49. The number of piperidine rings is 1. The predicted molar refractivity (Wildman–Crippen MR) is 121 cm³/mol. The summed E-state index contributed by atoms with van der Waals surface area (Å²) in [6.07, 6.45) is 0. The number of aliphatic hydroxyl groups is 1. The first-order valence-corrected chi connectivity index (χ1v) is 11.1. The molecule has 1 aliphatic heterocycles. The van der Waals surface area contributed by atoms with Gasteiger partial charge in [-0.25, -0.2) is 4.39 Å². The molecule has 164 valence electrons. The highest BCUT2D eigenvalue weighted by molar-refractivity contribution is 5.90. The van der Waals surface area contributed by atoms with Crippen LogP contribution in [0.5, 0.6) is 0 Å². The third kappa shape index (κ3) is 3.94. The number of rotatable bonds is 7. The zero-order valence-electron chi connectivity index (χ0n) is 17.8. The molecule has 32 heavy (non-hydrogen) atoms. The van der Waals surface area contributed by atoms with Gasteiger partial charge in [0.25, 0.3) is 5.91 Å². The van der Waals surface area contributed by atoms with Crippen molar-refractivity contribution in [2.24, 2.45) is 17.8 Å². The Hall–Kier alpha value is -3.02. The van der Waals surface area contributed by atoms with Gasteiger partial charge in [-0.3, -0.25) is 9.69 Å². The number of benzene rings is 3. The normalized spacial score (nSPS) is 22.4. The summed E-state index contributed by atoms with van der Waals surface area (Å²) in [5.74, 6) is 0.933. The summed E-state index contributed by atoms with van der Waals surface area (Å²) in [6.45, 7) is 3.24. The van der Waals surface area contributed by atoms with Crippen LogP contribution < -0.4 is 5.32 Å². The molecule has 4 nitrogen and oxygen atoms in total. The molecule has 5 rings (SSSR count). The van der Waals surface area contributed by atoms with Crippen LogP contribution in [0.2, 0.25) is 0 Å². The molecule has 3 aromatic rings. The third-order valence-electron chi connectivity index (χ3n) is 6.95. The molecule has 1 amide bonds. The van der Waals surface area contributed by atoms with E-state index in [0.29, 0.717) is 35.4 Å². The van der Waals surface area contributed by atoms with Crippen LogP contribution in [0.4, 0.5) is 4.39 Å². The first kappa shape index (κ1) is 20.9. The molecule has 2 aliphatic rings. The molecule has 5 heteroatoms. The molecule has 1 saturated carbocycles. The van der Waals surface area contributed by atoms with Gasteiger partial charge in [0.2, 0.25) is 0 Å². The van der Waals surface area contributed by atoms with Gasteiger partial charge in [-0.2, -0.15) is 0 Å². The summed E-state index contributed by atoms with van der Waals surface area (Å²) >= 11 is 0. The molecular weight excluding hydrogens is 403 g/mol. The number of likely N-dealkylation sites (tertiary alicyclic amines) is 1. The van der Waals surface area contributed by atoms with Crippen molar-refractivity contribution in [3.8, 4) is 0 Å². The number of carbonyl (C=O) groups is 1. The number of halogens is 1. The molecule has 2 fully saturated rings. The summed E-state index contributed by atoms with van der Waals surface area (Å²) in [4.78, 5) is 15.6. The van der Waals surface area contributed by atoms with Crippen LogP contribution in [0.3, 0.4) is 0 Å². The van der Waals surface area contributed by atoms with Crippen molar-refractivity contribution in [1.29, 1.82) is 0 Å². The highest BCUT2D eigenvalue weighted by Gasteiger charge is 2.55. The van der Waals surface area contributed by atoms with Crippen molar-refractivity contribution in [3.63, 3.8) is 0 Å². The quantitative estimate of drug-likeness (QED) is 0.603. The molecule has 0 spiro atoms. The van der Waals surface area contributed by atoms with Crippen molar-refractivity contribution in [1.82, 2.24) is 10.2 Å².